The highest BCUT2D eigenvalue weighted by Crippen LogP contribution is 2.36. The van der Waals surface area contributed by atoms with Crippen LogP contribution >= 0.6 is 0 Å². The zero-order chi connectivity index (χ0) is 20.8. The molecule has 1 atom stereocenters. The molecule has 0 N–H and O–H groups in total. The molecule has 3 aromatic carbocycles. The van der Waals surface area contributed by atoms with Crippen LogP contribution in [0.3, 0.4) is 0 Å². The maximum atomic E-state index is 5.60. The Hall–Kier alpha value is -3.07. The molecule has 0 bridgehead atoms. The number of fused-ring (bicyclic) bond motifs is 1. The highest BCUT2D eigenvalue weighted by Gasteiger charge is 2.26. The molecular formula is C27H29NO2. The zero-order valence-electron chi connectivity index (χ0n) is 17.8. The summed E-state index contributed by atoms with van der Waals surface area (Å²) in [7, 11) is 3.39. The van der Waals surface area contributed by atoms with Crippen molar-refractivity contribution >= 4 is 5.71 Å². The van der Waals surface area contributed by atoms with Gasteiger partial charge in [0.15, 0.2) is 11.5 Å². The second-order valence-corrected chi connectivity index (χ2v) is 7.72. The van der Waals surface area contributed by atoms with E-state index in [4.69, 9.17) is 14.5 Å². The van der Waals surface area contributed by atoms with Crippen molar-refractivity contribution in [2.45, 2.75) is 31.6 Å². The number of hydrogen-bond acceptors (Lipinski definition) is 3. The van der Waals surface area contributed by atoms with Crippen molar-refractivity contribution in [1.29, 1.82) is 0 Å². The second-order valence-electron chi connectivity index (χ2n) is 7.72. The van der Waals surface area contributed by atoms with Crippen molar-refractivity contribution in [3.8, 4) is 11.5 Å². The van der Waals surface area contributed by atoms with Crippen LogP contribution in [0.1, 0.15) is 41.0 Å². The standard InChI is InChI=1S/C27H29NO2/c1-29-25-18-22-16-17-28-27(24(22)19-26(25)30-2)23(21-13-7-4-8-14-21)15-9-12-20-10-5-3-6-11-20/h3-8,10-11,13-14,18-19,23H,9,12,15-17H2,1-2H3. The van der Waals surface area contributed by atoms with Crippen LogP contribution in [-0.4, -0.2) is 26.5 Å². The number of methoxy groups -OCH3 is 2. The average molecular weight is 400 g/mol. The van der Waals surface area contributed by atoms with Crippen LogP contribution in [0, 0.1) is 0 Å². The van der Waals surface area contributed by atoms with Gasteiger partial charge in [0.2, 0.25) is 0 Å². The lowest BCUT2D eigenvalue weighted by Crippen LogP contribution is -2.21. The summed E-state index contributed by atoms with van der Waals surface area (Å²) in [5, 5.41) is 0. The van der Waals surface area contributed by atoms with E-state index in [1.165, 1.54) is 28.0 Å². The lowest BCUT2D eigenvalue weighted by atomic mass is 9.82. The molecule has 3 aromatic rings. The van der Waals surface area contributed by atoms with E-state index in [1.54, 1.807) is 14.2 Å². The topological polar surface area (TPSA) is 30.8 Å². The van der Waals surface area contributed by atoms with Gasteiger partial charge in [0, 0.05) is 23.7 Å². The fourth-order valence-electron chi connectivity index (χ4n) is 4.35. The predicted octanol–water partition coefficient (Wildman–Crippen LogP) is 5.86. The largest absolute Gasteiger partial charge is 0.493 e. The third kappa shape index (κ3) is 4.40. The number of ether oxygens (including phenoxy) is 2. The minimum absolute atomic E-state index is 0.270. The Balaban J connectivity index is 1.65. The van der Waals surface area contributed by atoms with E-state index >= 15 is 0 Å². The molecule has 0 spiro atoms. The van der Waals surface area contributed by atoms with E-state index in [0.29, 0.717) is 0 Å². The molecule has 0 radical (unpaired) electrons. The Morgan fingerprint density at radius 1 is 0.867 bits per heavy atom. The van der Waals surface area contributed by atoms with Crippen molar-refractivity contribution < 1.29 is 9.47 Å². The summed E-state index contributed by atoms with van der Waals surface area (Å²) >= 11 is 0. The van der Waals surface area contributed by atoms with Gasteiger partial charge < -0.3 is 9.47 Å². The van der Waals surface area contributed by atoms with Gasteiger partial charge in [-0.1, -0.05) is 60.7 Å². The Kier molecular flexibility index (Phi) is 6.48. The first-order valence-electron chi connectivity index (χ1n) is 10.7. The lowest BCUT2D eigenvalue weighted by Gasteiger charge is -2.26. The summed E-state index contributed by atoms with van der Waals surface area (Å²) in [6.07, 6.45) is 4.19. The molecule has 0 fully saturated rings. The van der Waals surface area contributed by atoms with Gasteiger partial charge in [0.1, 0.15) is 0 Å². The highest BCUT2D eigenvalue weighted by molar-refractivity contribution is 6.07. The van der Waals surface area contributed by atoms with Gasteiger partial charge in [-0.3, -0.25) is 4.99 Å². The number of hydrogen-bond donors (Lipinski definition) is 0. The molecule has 154 valence electrons. The Bertz CT molecular complexity index is 996. The Labute approximate surface area is 179 Å². The molecule has 0 saturated carbocycles. The number of aryl methyl sites for hydroxylation is 1. The van der Waals surface area contributed by atoms with E-state index < -0.39 is 0 Å². The summed E-state index contributed by atoms with van der Waals surface area (Å²) in [6.45, 7) is 0.819. The fraction of sp³-hybridized carbons (Fsp3) is 0.296. The van der Waals surface area contributed by atoms with Gasteiger partial charge in [-0.05, 0) is 54.5 Å². The second kappa shape index (κ2) is 9.62. The van der Waals surface area contributed by atoms with E-state index in [0.717, 1.165) is 43.7 Å². The van der Waals surface area contributed by atoms with Crippen LogP contribution in [0.25, 0.3) is 0 Å². The van der Waals surface area contributed by atoms with E-state index in [-0.39, 0.29) is 5.92 Å². The molecule has 30 heavy (non-hydrogen) atoms. The first kappa shape index (κ1) is 20.2. The summed E-state index contributed by atoms with van der Waals surface area (Å²) in [5.74, 6) is 1.83. The van der Waals surface area contributed by atoms with Gasteiger partial charge in [0.25, 0.3) is 0 Å². The first-order valence-corrected chi connectivity index (χ1v) is 10.7. The molecule has 1 heterocycles. The van der Waals surface area contributed by atoms with E-state index in [9.17, 15) is 0 Å². The molecule has 1 unspecified atom stereocenters. The third-order valence-corrected chi connectivity index (χ3v) is 5.88. The molecule has 3 heteroatoms. The van der Waals surface area contributed by atoms with Crippen LogP contribution in [-0.2, 0) is 12.8 Å². The van der Waals surface area contributed by atoms with Crippen molar-refractivity contribution in [3.05, 3.63) is 95.1 Å². The monoisotopic (exact) mass is 399 g/mol. The molecule has 4 rings (SSSR count). The Morgan fingerprint density at radius 3 is 2.23 bits per heavy atom. The van der Waals surface area contributed by atoms with Gasteiger partial charge in [-0.15, -0.1) is 0 Å². The summed E-state index contributed by atoms with van der Waals surface area (Å²) in [6, 6.07) is 25.7. The predicted molar refractivity (Wildman–Crippen MR) is 123 cm³/mol. The van der Waals surface area contributed by atoms with Crippen LogP contribution in [0.5, 0.6) is 11.5 Å². The Morgan fingerprint density at radius 2 is 1.53 bits per heavy atom. The van der Waals surface area contributed by atoms with Gasteiger partial charge in [-0.25, -0.2) is 0 Å². The molecular weight excluding hydrogens is 370 g/mol. The fourth-order valence-corrected chi connectivity index (χ4v) is 4.35. The van der Waals surface area contributed by atoms with Gasteiger partial charge >= 0.3 is 0 Å². The summed E-state index contributed by atoms with van der Waals surface area (Å²) < 4.78 is 11.1. The van der Waals surface area contributed by atoms with Gasteiger partial charge in [-0.2, -0.15) is 0 Å². The van der Waals surface area contributed by atoms with Crippen LogP contribution in [0.2, 0.25) is 0 Å². The average Bonchev–Trinajstić information content (AvgIpc) is 2.82. The molecule has 0 aliphatic carbocycles. The van der Waals surface area contributed by atoms with Crippen molar-refractivity contribution in [2.75, 3.05) is 20.8 Å². The van der Waals surface area contributed by atoms with Crippen LogP contribution in [0.4, 0.5) is 0 Å². The molecule has 0 amide bonds. The lowest BCUT2D eigenvalue weighted by molar-refractivity contribution is 0.354. The molecule has 3 nitrogen and oxygen atoms in total. The minimum atomic E-state index is 0.270. The number of nitrogens with zero attached hydrogens (tertiary/aromatic N) is 1. The highest BCUT2D eigenvalue weighted by atomic mass is 16.5. The summed E-state index contributed by atoms with van der Waals surface area (Å²) in [5.41, 5.74) is 6.39. The smallest absolute Gasteiger partial charge is 0.161 e. The molecule has 1 aliphatic heterocycles. The van der Waals surface area contributed by atoms with Gasteiger partial charge in [0.05, 0.1) is 14.2 Å². The van der Waals surface area contributed by atoms with E-state index in [1.807, 2.05) is 0 Å². The van der Waals surface area contributed by atoms with E-state index in [2.05, 4.69) is 72.8 Å². The quantitative estimate of drug-likeness (QED) is 0.475. The SMILES string of the molecule is COc1cc2c(cc1OC)C(C(CCCc1ccccc1)c1ccccc1)=NCC2. The zero-order valence-corrected chi connectivity index (χ0v) is 17.8. The number of aliphatic imine (C=N–C) groups is 1. The van der Waals surface area contributed by atoms with Crippen molar-refractivity contribution in [1.82, 2.24) is 0 Å². The van der Waals surface area contributed by atoms with Crippen LogP contribution < -0.4 is 9.47 Å². The maximum absolute atomic E-state index is 5.60. The van der Waals surface area contributed by atoms with Crippen molar-refractivity contribution in [2.24, 2.45) is 4.99 Å². The number of rotatable bonds is 8. The normalized spacial score (nSPS) is 13.9. The molecule has 1 aliphatic rings. The first-order chi connectivity index (χ1) is 14.8. The summed E-state index contributed by atoms with van der Waals surface area (Å²) in [4.78, 5) is 5.02. The molecule has 0 saturated heterocycles. The maximum Gasteiger partial charge on any atom is 0.161 e. The van der Waals surface area contributed by atoms with Crippen LogP contribution in [0.15, 0.2) is 77.8 Å². The minimum Gasteiger partial charge on any atom is -0.493 e. The number of benzene rings is 3. The van der Waals surface area contributed by atoms with Crippen molar-refractivity contribution in [3.63, 3.8) is 0 Å². The third-order valence-electron chi connectivity index (χ3n) is 5.88. The molecule has 0 aromatic heterocycles.